The molecule has 0 atom stereocenters. The Hall–Kier alpha value is -0.564. The summed E-state index contributed by atoms with van der Waals surface area (Å²) in [7, 11) is 0. The average Bonchev–Trinajstić information content (AvgIpc) is 2.04. The van der Waals surface area contributed by atoms with Crippen LogP contribution in [0.2, 0.25) is 0 Å². The third-order valence-corrected chi connectivity index (χ3v) is 1.49. The zero-order valence-corrected chi connectivity index (χ0v) is 10.1. The number of aliphatic hydroxyl groups is 1. The minimum atomic E-state index is -2.27. The van der Waals surface area contributed by atoms with Crippen molar-refractivity contribution in [1.29, 1.82) is 0 Å². The predicted octanol–water partition coefficient (Wildman–Crippen LogP) is 2.18. The van der Waals surface area contributed by atoms with E-state index in [1.165, 1.54) is 6.11 Å². The maximum absolute atomic E-state index is 10.9. The Morgan fingerprint density at radius 1 is 1.53 bits per heavy atom. The van der Waals surface area contributed by atoms with Crippen molar-refractivity contribution < 1.29 is 31.4 Å². The Bertz CT molecular complexity index is 361. The van der Waals surface area contributed by atoms with Gasteiger partial charge in [0.2, 0.25) is 3.79 Å². The van der Waals surface area contributed by atoms with Gasteiger partial charge in [0.25, 0.3) is 0 Å². The molecule has 4 nitrogen and oxygen atoms in total. The van der Waals surface area contributed by atoms with E-state index in [4.69, 9.17) is 46.5 Å². The van der Waals surface area contributed by atoms with Gasteiger partial charge in [-0.05, 0) is 0 Å². The van der Waals surface area contributed by atoms with E-state index >= 15 is 0 Å². The second-order valence-corrected chi connectivity index (χ2v) is 4.10. The first-order valence-electron chi connectivity index (χ1n) is 2.89. The van der Waals surface area contributed by atoms with Crippen LogP contribution in [0.4, 0.5) is 0 Å². The first-order valence-corrected chi connectivity index (χ1v) is 4.02. The predicted molar refractivity (Wildman–Crippen MR) is 51.5 cm³/mol. The number of rotatable bonds is 1. The molecule has 83 valence electrons. The number of nitrogens with zero attached hydrogens (tertiary/aromatic N) is 1. The maximum Gasteiger partial charge on any atom is 0.354 e. The number of carbonyl (C=O) groups is 1. The molecule has 0 amide bonds. The Morgan fingerprint density at radius 3 is 2.27 bits per heavy atom. The van der Waals surface area contributed by atoms with E-state index in [9.17, 15) is 4.79 Å². The molecule has 1 radical (unpaired) electrons. The summed E-state index contributed by atoms with van der Waals surface area (Å²) in [5.41, 5.74) is -0.872. The molecule has 0 aliphatic rings. The van der Waals surface area contributed by atoms with Gasteiger partial charge in [-0.25, -0.2) is 4.85 Å². The van der Waals surface area contributed by atoms with Crippen molar-refractivity contribution in [3.63, 3.8) is 0 Å². The van der Waals surface area contributed by atoms with Crippen molar-refractivity contribution in [3.8, 4) is 12.5 Å². The number of esters is 1. The number of allylic oxidation sites excluding steroid dienone is 1. The molecule has 1 N–H and O–H groups in total. The number of hydrogen-bond donors (Lipinski definition) is 1. The molecule has 0 aromatic rings. The van der Waals surface area contributed by atoms with E-state index in [1.807, 2.05) is 0 Å². The molecular formula is C7H2Cl3CoNO3. The quantitative estimate of drug-likeness (QED) is 0.202. The summed E-state index contributed by atoms with van der Waals surface area (Å²) in [6.07, 6.45) is 6.15. The molecule has 0 unspecified atom stereocenters. The van der Waals surface area contributed by atoms with Gasteiger partial charge in [-0.15, -0.1) is 0 Å². The molecule has 0 aromatic carbocycles. The van der Waals surface area contributed by atoms with Gasteiger partial charge in [-0.3, -0.25) is 4.79 Å². The summed E-state index contributed by atoms with van der Waals surface area (Å²) in [6, 6.07) is 0. The van der Waals surface area contributed by atoms with Gasteiger partial charge >= 0.3 is 11.7 Å². The standard InChI is InChI=1S/C7H2Cl3NO3.Co/c1-3-14-6(13)4(11-2)5(12)7(8,9)10;/h1,12H;/b5-4+;. The fourth-order valence-corrected chi connectivity index (χ4v) is 0.700. The average molecular weight is 313 g/mol. The summed E-state index contributed by atoms with van der Waals surface area (Å²) in [5, 5.41) is 9.14. The number of ether oxygens (including phenoxy) is 1. The van der Waals surface area contributed by atoms with E-state index in [0.717, 1.165) is 0 Å². The number of carbonyl (C=O) groups excluding carboxylic acids is 1. The van der Waals surface area contributed by atoms with Gasteiger partial charge < -0.3 is 9.84 Å². The summed E-state index contributed by atoms with van der Waals surface area (Å²) in [6.45, 7) is 6.54. The van der Waals surface area contributed by atoms with Crippen LogP contribution in [0.15, 0.2) is 11.5 Å². The van der Waals surface area contributed by atoms with E-state index in [2.05, 4.69) is 16.0 Å². The van der Waals surface area contributed by atoms with Crippen LogP contribution < -0.4 is 0 Å². The third-order valence-electron chi connectivity index (χ3n) is 0.950. The van der Waals surface area contributed by atoms with E-state index in [-0.39, 0.29) is 16.8 Å². The normalized spacial score (nSPS) is 11.3. The smallest absolute Gasteiger partial charge is 0.354 e. The summed E-state index contributed by atoms with van der Waals surface area (Å²) in [4.78, 5) is 13.5. The van der Waals surface area contributed by atoms with Crippen LogP contribution in [-0.4, -0.2) is 14.9 Å². The first kappa shape index (κ1) is 16.9. The SMILES string of the molecule is [C-]#[N+]/C(C(=O)OC#C)=C(/O)C(Cl)(Cl)Cl.[Co]. The fraction of sp³-hybridized carbons (Fsp3) is 0.143. The Kier molecular flexibility index (Phi) is 7.68. The molecular weight excluding hydrogens is 311 g/mol. The second-order valence-electron chi connectivity index (χ2n) is 1.81. The maximum atomic E-state index is 10.9. The molecule has 0 saturated heterocycles. The van der Waals surface area contributed by atoms with E-state index in [1.54, 1.807) is 0 Å². The van der Waals surface area contributed by atoms with Gasteiger partial charge in [0.1, 0.15) is 6.11 Å². The molecule has 15 heavy (non-hydrogen) atoms. The minimum Gasteiger partial charge on any atom is -0.519 e. The monoisotopic (exact) mass is 312 g/mol. The van der Waals surface area contributed by atoms with Crippen molar-refractivity contribution >= 4 is 40.8 Å². The van der Waals surface area contributed by atoms with Crippen LogP contribution >= 0.6 is 34.8 Å². The Balaban J connectivity index is 0. The zero-order valence-electron chi connectivity index (χ0n) is 6.76. The molecule has 0 heterocycles. The molecule has 0 bridgehead atoms. The van der Waals surface area contributed by atoms with Gasteiger partial charge in [-0.1, -0.05) is 41.2 Å². The number of halogens is 3. The minimum absolute atomic E-state index is 0. The van der Waals surface area contributed by atoms with Gasteiger partial charge in [-0.2, -0.15) is 0 Å². The molecule has 0 aliphatic carbocycles. The molecule has 0 saturated carbocycles. The Labute approximate surface area is 111 Å². The summed E-state index contributed by atoms with van der Waals surface area (Å²) >= 11 is 15.7. The summed E-state index contributed by atoms with van der Waals surface area (Å²) < 4.78 is 1.72. The molecule has 0 rings (SSSR count). The number of alkyl halides is 3. The van der Waals surface area contributed by atoms with Gasteiger partial charge in [0.15, 0.2) is 5.76 Å². The number of aliphatic hydroxyl groups excluding tert-OH is 1. The van der Waals surface area contributed by atoms with Crippen LogP contribution in [0, 0.1) is 19.1 Å². The summed E-state index contributed by atoms with van der Waals surface area (Å²) in [5.74, 6) is -2.29. The van der Waals surface area contributed by atoms with E-state index in [0.29, 0.717) is 0 Å². The van der Waals surface area contributed by atoms with Crippen LogP contribution in [0.1, 0.15) is 0 Å². The topological polar surface area (TPSA) is 50.9 Å². The second kappa shape index (κ2) is 6.84. The van der Waals surface area contributed by atoms with Crippen molar-refractivity contribution in [3.05, 3.63) is 22.9 Å². The van der Waals surface area contributed by atoms with Crippen LogP contribution in [0.25, 0.3) is 4.85 Å². The number of hydrogen-bond acceptors (Lipinski definition) is 3. The largest absolute Gasteiger partial charge is 0.519 e. The van der Waals surface area contributed by atoms with Crippen molar-refractivity contribution in [2.24, 2.45) is 0 Å². The first-order chi connectivity index (χ1) is 6.34. The van der Waals surface area contributed by atoms with Crippen molar-refractivity contribution in [2.75, 3.05) is 0 Å². The van der Waals surface area contributed by atoms with Gasteiger partial charge in [0.05, 0.1) is 6.57 Å². The van der Waals surface area contributed by atoms with Crippen LogP contribution in [-0.2, 0) is 26.3 Å². The zero-order chi connectivity index (χ0) is 11.4. The van der Waals surface area contributed by atoms with Crippen LogP contribution in [0.3, 0.4) is 0 Å². The van der Waals surface area contributed by atoms with Crippen LogP contribution in [0.5, 0.6) is 0 Å². The third kappa shape index (κ3) is 5.17. The Morgan fingerprint density at radius 2 is 2.00 bits per heavy atom. The fourth-order valence-electron chi connectivity index (χ4n) is 0.431. The van der Waals surface area contributed by atoms with E-state index < -0.39 is 21.2 Å². The van der Waals surface area contributed by atoms with Gasteiger partial charge in [0, 0.05) is 16.8 Å². The molecule has 0 aliphatic heterocycles. The number of terminal acetylenes is 1. The molecule has 0 spiro atoms. The molecule has 8 heteroatoms. The van der Waals surface area contributed by atoms with Crippen molar-refractivity contribution in [1.82, 2.24) is 0 Å². The van der Waals surface area contributed by atoms with Crippen molar-refractivity contribution in [2.45, 2.75) is 3.79 Å². The molecule has 0 aromatic heterocycles. The molecule has 0 fully saturated rings.